The Hall–Kier alpha value is -2.46. The van der Waals surface area contributed by atoms with E-state index >= 15 is 0 Å². The summed E-state index contributed by atoms with van der Waals surface area (Å²) in [4.78, 5) is 10.9. The highest BCUT2D eigenvalue weighted by molar-refractivity contribution is 7.89. The van der Waals surface area contributed by atoms with Gasteiger partial charge in [-0.2, -0.15) is 0 Å². The number of carbonyl (C=O) groups is 1. The number of rotatable bonds is 7. The Labute approximate surface area is 132 Å². The number of aryl methyl sites for hydroxylation is 1. The van der Waals surface area contributed by atoms with Gasteiger partial charge < -0.3 is 9.84 Å². The van der Waals surface area contributed by atoms with Crippen LogP contribution in [-0.4, -0.2) is 48.1 Å². The number of ether oxygens (including phenoxy) is 1. The highest BCUT2D eigenvalue weighted by Crippen LogP contribution is 2.20. The summed E-state index contributed by atoms with van der Waals surface area (Å²) >= 11 is 0. The normalized spacial score (nSPS) is 11.4. The fourth-order valence-electron chi connectivity index (χ4n) is 2.00. The molecule has 0 aliphatic carbocycles. The lowest BCUT2D eigenvalue weighted by Gasteiger charge is -2.10. The average molecular weight is 340 g/mol. The number of aromatic nitrogens is 3. The third-order valence-corrected chi connectivity index (χ3v) is 4.67. The molecular formula is C13H16N4O5S. The van der Waals surface area contributed by atoms with Gasteiger partial charge in [-0.3, -0.25) is 0 Å². The molecule has 9 nitrogen and oxygen atoms in total. The second kappa shape index (κ2) is 6.75. The van der Waals surface area contributed by atoms with Gasteiger partial charge in [0.2, 0.25) is 0 Å². The minimum Gasteiger partial charge on any atom is -0.496 e. The third-order valence-electron chi connectivity index (χ3n) is 3.17. The molecule has 124 valence electrons. The van der Waals surface area contributed by atoms with Gasteiger partial charge in [-0.1, -0.05) is 11.3 Å². The molecule has 2 rings (SSSR count). The molecule has 0 fully saturated rings. The zero-order chi connectivity index (χ0) is 17.0. The Morgan fingerprint density at radius 2 is 2.17 bits per heavy atom. The zero-order valence-corrected chi connectivity index (χ0v) is 13.4. The van der Waals surface area contributed by atoms with Gasteiger partial charge in [-0.05, 0) is 24.1 Å². The van der Waals surface area contributed by atoms with Crippen LogP contribution in [0.2, 0.25) is 0 Å². The Balaban J connectivity index is 2.07. The molecule has 2 aromatic rings. The van der Waals surface area contributed by atoms with Crippen LogP contribution in [0.3, 0.4) is 0 Å². The number of methoxy groups -OCH3 is 1. The van der Waals surface area contributed by atoms with Crippen LogP contribution < -0.4 is 9.46 Å². The molecule has 0 aliphatic rings. The average Bonchev–Trinajstić information content (AvgIpc) is 2.94. The van der Waals surface area contributed by atoms with E-state index in [2.05, 4.69) is 15.0 Å². The molecule has 0 spiro atoms. The number of nitrogens with zero attached hydrogens (tertiary/aromatic N) is 3. The van der Waals surface area contributed by atoms with Crippen molar-refractivity contribution in [2.24, 2.45) is 7.05 Å². The molecule has 0 aliphatic heterocycles. The quantitative estimate of drug-likeness (QED) is 0.729. The van der Waals surface area contributed by atoms with E-state index < -0.39 is 16.0 Å². The van der Waals surface area contributed by atoms with Gasteiger partial charge >= 0.3 is 5.97 Å². The summed E-state index contributed by atoms with van der Waals surface area (Å²) in [6.07, 6.45) is 1.50. The summed E-state index contributed by atoms with van der Waals surface area (Å²) in [5.41, 5.74) is 0.801. The van der Waals surface area contributed by atoms with Crippen LogP contribution in [0.15, 0.2) is 29.4 Å². The van der Waals surface area contributed by atoms with Crippen LogP contribution >= 0.6 is 0 Å². The largest absolute Gasteiger partial charge is 0.496 e. The number of hydrogen-bond acceptors (Lipinski definition) is 6. The molecule has 0 atom stereocenters. The van der Waals surface area contributed by atoms with E-state index in [1.165, 1.54) is 26.3 Å². The number of aromatic carboxylic acids is 1. The topological polar surface area (TPSA) is 123 Å². The summed E-state index contributed by atoms with van der Waals surface area (Å²) in [5.74, 6) is -0.662. The minimum atomic E-state index is -3.71. The van der Waals surface area contributed by atoms with Gasteiger partial charge in [0.05, 0.1) is 18.9 Å². The molecule has 0 saturated carbocycles. The Morgan fingerprint density at radius 3 is 2.74 bits per heavy atom. The SMILES string of the molecule is COc1cc(C(=O)O)ccc1CCNS(=O)(=O)c1cnnn1C. The molecule has 0 radical (unpaired) electrons. The lowest BCUT2D eigenvalue weighted by atomic mass is 10.1. The zero-order valence-electron chi connectivity index (χ0n) is 12.6. The minimum absolute atomic E-state index is 0.0364. The molecule has 23 heavy (non-hydrogen) atoms. The Morgan fingerprint density at radius 1 is 1.43 bits per heavy atom. The van der Waals surface area contributed by atoms with Gasteiger partial charge in [0.1, 0.15) is 5.75 Å². The monoisotopic (exact) mass is 340 g/mol. The summed E-state index contributed by atoms with van der Waals surface area (Å²) < 4.78 is 32.9. The number of benzene rings is 1. The summed E-state index contributed by atoms with van der Waals surface area (Å²) in [5, 5.41) is 16.0. The fraction of sp³-hybridized carbons (Fsp3) is 0.308. The van der Waals surface area contributed by atoms with Crippen molar-refractivity contribution in [3.8, 4) is 5.75 Å². The first-order chi connectivity index (χ1) is 10.8. The Kier molecular flexibility index (Phi) is 4.96. The summed E-state index contributed by atoms with van der Waals surface area (Å²) in [7, 11) is -0.798. The fourth-order valence-corrected chi connectivity index (χ4v) is 3.09. The van der Waals surface area contributed by atoms with Crippen LogP contribution in [0.5, 0.6) is 5.75 Å². The van der Waals surface area contributed by atoms with Gasteiger partial charge in [0.25, 0.3) is 10.0 Å². The molecule has 0 unspecified atom stereocenters. The Bertz CT molecular complexity index is 816. The van der Waals surface area contributed by atoms with E-state index in [9.17, 15) is 13.2 Å². The second-order valence-electron chi connectivity index (χ2n) is 4.68. The van der Waals surface area contributed by atoms with E-state index in [0.29, 0.717) is 17.7 Å². The van der Waals surface area contributed by atoms with E-state index in [1.54, 1.807) is 6.07 Å². The molecule has 1 heterocycles. The van der Waals surface area contributed by atoms with Crippen molar-refractivity contribution in [1.82, 2.24) is 19.7 Å². The summed E-state index contributed by atoms with van der Waals surface area (Å²) in [6.45, 7) is 0.121. The smallest absolute Gasteiger partial charge is 0.335 e. The van der Waals surface area contributed by atoms with Crippen molar-refractivity contribution < 1.29 is 23.1 Å². The predicted octanol–water partition coefficient (Wildman–Crippen LogP) is 0.0429. The van der Waals surface area contributed by atoms with Crippen LogP contribution in [-0.2, 0) is 23.5 Å². The van der Waals surface area contributed by atoms with Crippen LogP contribution in [0.1, 0.15) is 15.9 Å². The maximum atomic E-state index is 12.1. The number of carboxylic acids is 1. The number of nitrogens with one attached hydrogen (secondary N) is 1. The molecule has 1 aromatic heterocycles. The van der Waals surface area contributed by atoms with E-state index in [0.717, 1.165) is 10.9 Å². The maximum absolute atomic E-state index is 12.1. The summed E-state index contributed by atoms with van der Waals surface area (Å²) in [6, 6.07) is 4.44. The first-order valence-electron chi connectivity index (χ1n) is 6.59. The molecule has 10 heteroatoms. The lowest BCUT2D eigenvalue weighted by Crippen LogP contribution is -2.27. The maximum Gasteiger partial charge on any atom is 0.335 e. The van der Waals surface area contributed by atoms with Gasteiger partial charge in [0.15, 0.2) is 5.03 Å². The lowest BCUT2D eigenvalue weighted by molar-refractivity contribution is 0.0696. The van der Waals surface area contributed by atoms with Crippen LogP contribution in [0.4, 0.5) is 0 Å². The second-order valence-corrected chi connectivity index (χ2v) is 6.39. The van der Waals surface area contributed by atoms with Gasteiger partial charge in [0, 0.05) is 13.6 Å². The van der Waals surface area contributed by atoms with Crippen LogP contribution in [0.25, 0.3) is 0 Å². The number of carboxylic acid groups (broad SMARTS) is 1. The first-order valence-corrected chi connectivity index (χ1v) is 8.08. The van der Waals surface area contributed by atoms with E-state index in [-0.39, 0.29) is 17.1 Å². The van der Waals surface area contributed by atoms with Crippen molar-refractivity contribution >= 4 is 16.0 Å². The number of sulfonamides is 1. The molecule has 1 aromatic carbocycles. The van der Waals surface area contributed by atoms with Crippen molar-refractivity contribution in [3.63, 3.8) is 0 Å². The molecule has 0 bridgehead atoms. The highest BCUT2D eigenvalue weighted by atomic mass is 32.2. The van der Waals surface area contributed by atoms with Crippen molar-refractivity contribution in [3.05, 3.63) is 35.5 Å². The molecule has 2 N–H and O–H groups in total. The first kappa shape index (κ1) is 16.9. The molecule has 0 saturated heterocycles. The van der Waals surface area contributed by atoms with E-state index in [4.69, 9.17) is 9.84 Å². The predicted molar refractivity (Wildman–Crippen MR) is 79.8 cm³/mol. The third kappa shape index (κ3) is 3.85. The molecule has 0 amide bonds. The van der Waals surface area contributed by atoms with Gasteiger partial charge in [-0.15, -0.1) is 5.10 Å². The van der Waals surface area contributed by atoms with Crippen molar-refractivity contribution in [2.75, 3.05) is 13.7 Å². The number of hydrogen-bond donors (Lipinski definition) is 2. The van der Waals surface area contributed by atoms with Crippen LogP contribution in [0, 0.1) is 0 Å². The van der Waals surface area contributed by atoms with Crippen molar-refractivity contribution in [1.29, 1.82) is 0 Å². The van der Waals surface area contributed by atoms with E-state index in [1.807, 2.05) is 0 Å². The van der Waals surface area contributed by atoms with Crippen molar-refractivity contribution in [2.45, 2.75) is 11.4 Å². The molecular weight excluding hydrogens is 324 g/mol. The highest BCUT2D eigenvalue weighted by Gasteiger charge is 2.18. The standard InChI is InChI=1S/C13H16N4O5S/c1-17-12(8-14-16-17)23(20,21)15-6-5-9-3-4-10(13(18)19)7-11(9)22-2/h3-4,7-8,15H,5-6H2,1-2H3,(H,18,19). The van der Waals surface area contributed by atoms with Gasteiger partial charge in [-0.25, -0.2) is 22.6 Å².